The third-order valence-corrected chi connectivity index (χ3v) is 3.01. The molecule has 1 saturated carbocycles. The van der Waals surface area contributed by atoms with Gasteiger partial charge in [-0.2, -0.15) is 0 Å². The zero-order chi connectivity index (χ0) is 10.7. The highest BCUT2D eigenvalue weighted by Gasteiger charge is 2.28. The van der Waals surface area contributed by atoms with Crippen LogP contribution in [-0.4, -0.2) is 12.3 Å². The molecule has 2 N–H and O–H groups in total. The molecule has 1 atom stereocenters. The quantitative estimate of drug-likeness (QED) is 0.796. The van der Waals surface area contributed by atoms with E-state index in [2.05, 4.69) is 0 Å². The number of carbonyl (C=O) groups is 1. The van der Waals surface area contributed by atoms with Crippen LogP contribution in [-0.2, 0) is 4.79 Å². The average molecular weight is 203 g/mol. The lowest BCUT2D eigenvalue weighted by Gasteiger charge is -2.13. The van der Waals surface area contributed by atoms with Gasteiger partial charge in [-0.15, -0.1) is 0 Å². The highest BCUT2D eigenvalue weighted by Crippen LogP contribution is 2.34. The minimum atomic E-state index is -0.0909. The zero-order valence-electron chi connectivity index (χ0n) is 8.86. The van der Waals surface area contributed by atoms with E-state index >= 15 is 0 Å². The lowest BCUT2D eigenvalue weighted by Crippen LogP contribution is -2.21. The van der Waals surface area contributed by atoms with Gasteiger partial charge < -0.3 is 5.73 Å². The van der Waals surface area contributed by atoms with Crippen LogP contribution < -0.4 is 5.73 Å². The fraction of sp³-hybridized carbons (Fsp3) is 0.462. The average Bonchev–Trinajstić information content (AvgIpc) is 3.04. The normalized spacial score (nSPS) is 17.4. The minimum absolute atomic E-state index is 0.0909. The number of carbonyl (C=O) groups excluding carboxylic acids is 1. The van der Waals surface area contributed by atoms with Crippen molar-refractivity contribution in [3.8, 4) is 0 Å². The minimum Gasteiger partial charge on any atom is -0.329 e. The Morgan fingerprint density at radius 3 is 2.53 bits per heavy atom. The van der Waals surface area contributed by atoms with Crippen molar-refractivity contribution in [2.45, 2.75) is 25.2 Å². The van der Waals surface area contributed by atoms with Crippen LogP contribution in [0.5, 0.6) is 0 Å². The summed E-state index contributed by atoms with van der Waals surface area (Å²) in [6.07, 6.45) is 3.16. The van der Waals surface area contributed by atoms with E-state index in [1.807, 2.05) is 30.3 Å². The van der Waals surface area contributed by atoms with E-state index in [1.54, 1.807) is 0 Å². The van der Waals surface area contributed by atoms with Crippen molar-refractivity contribution < 1.29 is 4.79 Å². The Morgan fingerprint density at radius 1 is 1.33 bits per heavy atom. The molecule has 0 amide bonds. The third-order valence-electron chi connectivity index (χ3n) is 3.01. The number of rotatable bonds is 5. The van der Waals surface area contributed by atoms with Crippen LogP contribution in [0.4, 0.5) is 0 Å². The Balaban J connectivity index is 2.05. The fourth-order valence-corrected chi connectivity index (χ4v) is 1.89. The van der Waals surface area contributed by atoms with Crippen molar-refractivity contribution in [3.63, 3.8) is 0 Å². The third kappa shape index (κ3) is 2.66. The topological polar surface area (TPSA) is 43.1 Å². The monoisotopic (exact) mass is 203 g/mol. The van der Waals surface area contributed by atoms with Crippen LogP contribution in [0.15, 0.2) is 30.3 Å². The van der Waals surface area contributed by atoms with E-state index in [-0.39, 0.29) is 5.92 Å². The summed E-state index contributed by atoms with van der Waals surface area (Å²) >= 11 is 0. The summed E-state index contributed by atoms with van der Waals surface area (Å²) in [6.45, 7) is 0.426. The molecular formula is C13H17NO. The molecule has 1 aromatic rings. The molecule has 1 fully saturated rings. The molecule has 1 aliphatic rings. The van der Waals surface area contributed by atoms with Gasteiger partial charge >= 0.3 is 0 Å². The Kier molecular flexibility index (Phi) is 3.17. The van der Waals surface area contributed by atoms with Crippen molar-refractivity contribution in [3.05, 3.63) is 35.9 Å². The molecular weight excluding hydrogens is 186 g/mol. The first-order valence-corrected chi connectivity index (χ1v) is 5.59. The van der Waals surface area contributed by atoms with Crippen LogP contribution in [0.25, 0.3) is 0 Å². The van der Waals surface area contributed by atoms with E-state index in [9.17, 15) is 4.79 Å². The van der Waals surface area contributed by atoms with Gasteiger partial charge in [0, 0.05) is 13.0 Å². The smallest absolute Gasteiger partial charge is 0.141 e. The first kappa shape index (κ1) is 10.4. The largest absolute Gasteiger partial charge is 0.329 e. The van der Waals surface area contributed by atoms with Crippen molar-refractivity contribution in [1.82, 2.24) is 0 Å². The van der Waals surface area contributed by atoms with Gasteiger partial charge in [0.2, 0.25) is 0 Å². The van der Waals surface area contributed by atoms with Crippen molar-refractivity contribution >= 4 is 5.78 Å². The van der Waals surface area contributed by atoms with Gasteiger partial charge in [0.25, 0.3) is 0 Å². The van der Waals surface area contributed by atoms with Gasteiger partial charge in [-0.1, -0.05) is 30.3 Å². The Bertz CT molecular complexity index is 330. The molecule has 1 aliphatic carbocycles. The van der Waals surface area contributed by atoms with Crippen molar-refractivity contribution in [2.24, 2.45) is 11.7 Å². The summed E-state index contributed by atoms with van der Waals surface area (Å²) in [6, 6.07) is 9.86. The predicted molar refractivity (Wildman–Crippen MR) is 60.6 cm³/mol. The first-order chi connectivity index (χ1) is 7.31. The summed E-state index contributed by atoms with van der Waals surface area (Å²) in [5.74, 6) is 0.869. The van der Waals surface area contributed by atoms with Crippen LogP contribution in [0.3, 0.4) is 0 Å². The summed E-state index contributed by atoms with van der Waals surface area (Å²) in [7, 11) is 0. The molecule has 2 rings (SSSR count). The fourth-order valence-electron chi connectivity index (χ4n) is 1.89. The van der Waals surface area contributed by atoms with E-state index in [0.29, 0.717) is 18.2 Å². The SMILES string of the molecule is NCC(C(=O)CC1CC1)c1ccccc1. The van der Waals surface area contributed by atoms with Crippen LogP contribution in [0.1, 0.15) is 30.7 Å². The second-order valence-electron chi connectivity index (χ2n) is 4.31. The van der Waals surface area contributed by atoms with E-state index in [0.717, 1.165) is 12.0 Å². The van der Waals surface area contributed by atoms with Gasteiger partial charge in [0.05, 0.1) is 5.92 Å². The lowest BCUT2D eigenvalue weighted by molar-refractivity contribution is -0.120. The molecule has 0 aromatic heterocycles. The van der Waals surface area contributed by atoms with Gasteiger partial charge in [-0.05, 0) is 24.3 Å². The molecule has 15 heavy (non-hydrogen) atoms. The van der Waals surface area contributed by atoms with Crippen molar-refractivity contribution in [1.29, 1.82) is 0 Å². The molecule has 2 nitrogen and oxygen atoms in total. The Hall–Kier alpha value is -1.15. The van der Waals surface area contributed by atoms with Gasteiger partial charge in [-0.25, -0.2) is 0 Å². The number of ketones is 1. The van der Waals surface area contributed by atoms with Crippen LogP contribution in [0.2, 0.25) is 0 Å². The zero-order valence-corrected chi connectivity index (χ0v) is 8.86. The Labute approximate surface area is 90.5 Å². The molecule has 1 unspecified atom stereocenters. The van der Waals surface area contributed by atoms with Crippen molar-refractivity contribution in [2.75, 3.05) is 6.54 Å². The lowest BCUT2D eigenvalue weighted by atomic mass is 9.92. The highest BCUT2D eigenvalue weighted by molar-refractivity contribution is 5.86. The second-order valence-corrected chi connectivity index (χ2v) is 4.31. The van der Waals surface area contributed by atoms with E-state index in [4.69, 9.17) is 5.73 Å². The standard InChI is InChI=1S/C13H17NO/c14-9-12(11-4-2-1-3-5-11)13(15)8-10-6-7-10/h1-5,10,12H,6-9,14H2. The number of hydrogen-bond acceptors (Lipinski definition) is 2. The summed E-state index contributed by atoms with van der Waals surface area (Å²) < 4.78 is 0. The molecule has 0 spiro atoms. The summed E-state index contributed by atoms with van der Waals surface area (Å²) in [4.78, 5) is 11.9. The van der Waals surface area contributed by atoms with Gasteiger partial charge in [-0.3, -0.25) is 4.79 Å². The Morgan fingerprint density at radius 2 is 2.00 bits per heavy atom. The van der Waals surface area contributed by atoms with Crippen LogP contribution >= 0.6 is 0 Å². The predicted octanol–water partition coefficient (Wildman–Crippen LogP) is 2.10. The maximum absolute atomic E-state index is 11.9. The van der Waals surface area contributed by atoms with Gasteiger partial charge in [0.15, 0.2) is 0 Å². The van der Waals surface area contributed by atoms with Gasteiger partial charge in [0.1, 0.15) is 5.78 Å². The van der Waals surface area contributed by atoms with E-state index < -0.39 is 0 Å². The molecule has 0 heterocycles. The number of nitrogens with two attached hydrogens (primary N) is 1. The van der Waals surface area contributed by atoms with E-state index in [1.165, 1.54) is 12.8 Å². The maximum atomic E-state index is 11.9. The molecule has 2 heteroatoms. The molecule has 0 aliphatic heterocycles. The number of hydrogen-bond donors (Lipinski definition) is 1. The summed E-state index contributed by atoms with van der Waals surface area (Å²) in [5, 5.41) is 0. The first-order valence-electron chi connectivity index (χ1n) is 5.59. The maximum Gasteiger partial charge on any atom is 0.141 e. The molecule has 1 aromatic carbocycles. The molecule has 80 valence electrons. The molecule has 0 radical (unpaired) electrons. The molecule has 0 bridgehead atoms. The van der Waals surface area contributed by atoms with Crippen LogP contribution in [0, 0.1) is 5.92 Å². The molecule has 0 saturated heterocycles. The number of benzene rings is 1. The highest BCUT2D eigenvalue weighted by atomic mass is 16.1. The number of Topliss-reactive ketones (excluding diaryl/α,β-unsaturated/α-hetero) is 1. The summed E-state index contributed by atoms with van der Waals surface area (Å²) in [5.41, 5.74) is 6.74. The second kappa shape index (κ2) is 4.58.